The molecule has 0 fully saturated rings. The molecule has 0 amide bonds. The van der Waals surface area contributed by atoms with E-state index in [4.69, 9.17) is 5.53 Å². The molecule has 6 heteroatoms. The zero-order valence-corrected chi connectivity index (χ0v) is 9.89. The fourth-order valence-corrected chi connectivity index (χ4v) is 1.36. The van der Waals surface area contributed by atoms with Crippen molar-refractivity contribution in [1.82, 2.24) is 0 Å². The van der Waals surface area contributed by atoms with Crippen LogP contribution >= 0.6 is 0 Å². The Morgan fingerprint density at radius 1 is 1.26 bits per heavy atom. The van der Waals surface area contributed by atoms with Crippen molar-refractivity contribution < 1.29 is 22.8 Å². The van der Waals surface area contributed by atoms with Crippen LogP contribution in [0.4, 0.5) is 13.2 Å². The van der Waals surface area contributed by atoms with Gasteiger partial charge in [0.15, 0.2) is 0 Å². The number of hydrogen-bond donors (Lipinski definition) is 0. The molecule has 1 rings (SSSR count). The number of halogens is 3. The number of alkyl halides is 3. The van der Waals surface area contributed by atoms with E-state index in [0.29, 0.717) is 12.0 Å². The van der Waals surface area contributed by atoms with Gasteiger partial charge < -0.3 is 5.53 Å². The van der Waals surface area contributed by atoms with E-state index in [1.165, 1.54) is 12.1 Å². The van der Waals surface area contributed by atoms with E-state index in [-0.39, 0.29) is 12.2 Å². The fourth-order valence-electron chi connectivity index (χ4n) is 1.36. The minimum Gasteiger partial charge on any atom is -0.361 e. The van der Waals surface area contributed by atoms with Crippen molar-refractivity contribution in [3.8, 4) is 0 Å². The molecule has 0 aromatic heterocycles. The Labute approximate surface area is 108 Å². The maximum atomic E-state index is 12.3. The van der Waals surface area contributed by atoms with E-state index >= 15 is 0 Å². The summed E-state index contributed by atoms with van der Waals surface area (Å²) in [7, 11) is 0. The van der Waals surface area contributed by atoms with Gasteiger partial charge in [0.25, 0.3) is 0 Å². The van der Waals surface area contributed by atoms with E-state index in [1.807, 2.05) is 0 Å². The molecule has 3 nitrogen and oxygen atoms in total. The molecule has 0 unspecified atom stereocenters. The third-order valence-electron chi connectivity index (χ3n) is 2.31. The molecule has 1 aromatic rings. The van der Waals surface area contributed by atoms with Gasteiger partial charge in [0.2, 0.25) is 5.78 Å². The Morgan fingerprint density at radius 2 is 1.89 bits per heavy atom. The maximum absolute atomic E-state index is 12.3. The van der Waals surface area contributed by atoms with Crippen molar-refractivity contribution in [2.45, 2.75) is 19.0 Å². The van der Waals surface area contributed by atoms with Gasteiger partial charge in [0.1, 0.15) is 0 Å². The largest absolute Gasteiger partial charge is 0.416 e. The first kappa shape index (κ1) is 14.9. The lowest BCUT2D eigenvalue weighted by molar-refractivity contribution is -0.137. The predicted octanol–water partition coefficient (Wildman–Crippen LogP) is 3.37. The van der Waals surface area contributed by atoms with Gasteiger partial charge in [-0.05, 0) is 24.1 Å². The summed E-state index contributed by atoms with van der Waals surface area (Å²) in [5.41, 5.74) is 8.03. The van der Waals surface area contributed by atoms with Crippen LogP contribution in [-0.4, -0.2) is 16.8 Å². The normalized spacial score (nSPS) is 11.3. The molecule has 1 aromatic carbocycles. The van der Waals surface area contributed by atoms with Crippen LogP contribution in [0, 0.1) is 0 Å². The Balaban J connectivity index is 2.54. The second kappa shape index (κ2) is 6.66. The third kappa shape index (κ3) is 5.31. The summed E-state index contributed by atoms with van der Waals surface area (Å²) in [6, 6.07) is 4.72. The minimum absolute atomic E-state index is 0.182. The number of ketones is 1. The second-order valence-corrected chi connectivity index (χ2v) is 3.77. The van der Waals surface area contributed by atoms with E-state index < -0.39 is 11.7 Å². The molecular formula is C13H11F3N2O. The lowest BCUT2D eigenvalue weighted by Crippen LogP contribution is -2.03. The first-order chi connectivity index (χ1) is 8.93. The number of hydrogen-bond acceptors (Lipinski definition) is 1. The fraction of sp³-hybridized carbons (Fsp3) is 0.231. The van der Waals surface area contributed by atoms with Crippen LogP contribution in [0.3, 0.4) is 0 Å². The average molecular weight is 268 g/mol. The van der Waals surface area contributed by atoms with Gasteiger partial charge in [-0.15, -0.1) is 0 Å². The highest BCUT2D eigenvalue weighted by molar-refractivity contribution is 6.25. The van der Waals surface area contributed by atoms with Gasteiger partial charge in [0.05, 0.1) is 5.56 Å². The highest BCUT2D eigenvalue weighted by Crippen LogP contribution is 2.29. The molecule has 0 atom stereocenters. The summed E-state index contributed by atoms with van der Waals surface area (Å²) in [5, 5.41) is 0. The molecule has 0 bridgehead atoms. The molecule has 0 heterocycles. The van der Waals surface area contributed by atoms with E-state index in [1.54, 1.807) is 12.2 Å². The van der Waals surface area contributed by atoms with Gasteiger partial charge in [-0.2, -0.15) is 18.0 Å². The summed E-state index contributed by atoms with van der Waals surface area (Å²) in [6.45, 7) is 0. The SMILES string of the molecule is [N-]=[N+]=CC(=O)CCC=Cc1ccc(C(F)(F)F)cc1. The molecule has 0 aliphatic heterocycles. The number of nitrogens with zero attached hydrogens (tertiary/aromatic N) is 2. The number of carbonyl (C=O) groups excluding carboxylic acids is 1. The Kier molecular flexibility index (Phi) is 5.21. The molecule has 0 saturated heterocycles. The van der Waals surface area contributed by atoms with Crippen LogP contribution in [0.1, 0.15) is 24.0 Å². The number of carbonyl (C=O) groups is 1. The molecule has 100 valence electrons. The maximum Gasteiger partial charge on any atom is 0.416 e. The van der Waals surface area contributed by atoms with Crippen molar-refractivity contribution in [2.24, 2.45) is 0 Å². The Hall–Kier alpha value is -2.20. The van der Waals surface area contributed by atoms with Crippen LogP contribution in [0.5, 0.6) is 0 Å². The van der Waals surface area contributed by atoms with Gasteiger partial charge in [-0.1, -0.05) is 24.3 Å². The number of rotatable bonds is 5. The van der Waals surface area contributed by atoms with Gasteiger partial charge >= 0.3 is 12.4 Å². The van der Waals surface area contributed by atoms with E-state index in [0.717, 1.165) is 18.3 Å². The quantitative estimate of drug-likeness (QED) is 0.459. The van der Waals surface area contributed by atoms with Crippen molar-refractivity contribution in [3.63, 3.8) is 0 Å². The molecule has 0 aliphatic rings. The minimum atomic E-state index is -4.34. The van der Waals surface area contributed by atoms with E-state index in [9.17, 15) is 18.0 Å². The molecule has 0 saturated carbocycles. The van der Waals surface area contributed by atoms with Gasteiger partial charge in [-0.25, -0.2) is 0 Å². The Bertz CT molecular complexity index is 512. The highest BCUT2D eigenvalue weighted by Gasteiger charge is 2.29. The smallest absolute Gasteiger partial charge is 0.361 e. The van der Waals surface area contributed by atoms with Crippen LogP contribution in [0.15, 0.2) is 30.3 Å². The molecule has 0 N–H and O–H groups in total. The van der Waals surface area contributed by atoms with Crippen molar-refractivity contribution in [3.05, 3.63) is 47.0 Å². The van der Waals surface area contributed by atoms with Crippen molar-refractivity contribution in [2.75, 3.05) is 0 Å². The highest BCUT2D eigenvalue weighted by atomic mass is 19.4. The third-order valence-corrected chi connectivity index (χ3v) is 2.31. The standard InChI is InChI=1S/C13H11F3N2O/c14-13(15,16)11-7-5-10(6-8-11)3-1-2-4-12(19)9-18-17/h1,3,5-9H,2,4H2. The van der Waals surface area contributed by atoms with E-state index in [2.05, 4.69) is 4.79 Å². The summed E-state index contributed by atoms with van der Waals surface area (Å²) in [4.78, 5) is 13.5. The number of allylic oxidation sites excluding steroid dienone is 1. The first-order valence-corrected chi connectivity index (χ1v) is 5.47. The first-order valence-electron chi connectivity index (χ1n) is 5.47. The van der Waals surface area contributed by atoms with Crippen LogP contribution in [0.25, 0.3) is 11.6 Å². The molecule has 0 aliphatic carbocycles. The topological polar surface area (TPSA) is 53.5 Å². The predicted molar refractivity (Wildman–Crippen MR) is 64.4 cm³/mol. The van der Waals surface area contributed by atoms with Crippen molar-refractivity contribution >= 4 is 18.1 Å². The van der Waals surface area contributed by atoms with Gasteiger partial charge in [0, 0.05) is 6.42 Å². The number of Topliss-reactive ketones (excluding diaryl/α,β-unsaturated/α-hetero) is 1. The summed E-state index contributed by atoms with van der Waals surface area (Å²) in [5.74, 6) is -0.320. The van der Waals surface area contributed by atoms with Crippen LogP contribution in [0.2, 0.25) is 0 Å². The monoisotopic (exact) mass is 268 g/mol. The summed E-state index contributed by atoms with van der Waals surface area (Å²) < 4.78 is 36.9. The zero-order chi connectivity index (χ0) is 14.3. The van der Waals surface area contributed by atoms with Gasteiger partial charge in [-0.3, -0.25) is 4.79 Å². The van der Waals surface area contributed by atoms with Crippen LogP contribution < -0.4 is 0 Å². The van der Waals surface area contributed by atoms with Crippen LogP contribution in [-0.2, 0) is 11.0 Å². The molecule has 19 heavy (non-hydrogen) atoms. The average Bonchev–Trinajstić information content (AvgIpc) is 2.34. The van der Waals surface area contributed by atoms with Crippen molar-refractivity contribution in [1.29, 1.82) is 0 Å². The second-order valence-electron chi connectivity index (χ2n) is 3.77. The summed E-state index contributed by atoms with van der Waals surface area (Å²) >= 11 is 0. The summed E-state index contributed by atoms with van der Waals surface area (Å²) in [6.07, 6.45) is 0.382. The lowest BCUT2D eigenvalue weighted by atomic mass is 10.1. The molecular weight excluding hydrogens is 257 g/mol. The molecule has 0 radical (unpaired) electrons. The lowest BCUT2D eigenvalue weighted by Gasteiger charge is -2.05. The number of benzene rings is 1. The molecule has 0 spiro atoms. The Morgan fingerprint density at radius 3 is 2.42 bits per heavy atom. The zero-order valence-electron chi connectivity index (χ0n) is 9.89.